The molecule has 1 aromatic heterocycles. The Labute approximate surface area is 110 Å². The van der Waals surface area contributed by atoms with E-state index in [1.807, 2.05) is 43.3 Å². The van der Waals surface area contributed by atoms with Crippen LogP contribution in [0.1, 0.15) is 5.56 Å². The number of oxazole rings is 1. The Hall–Kier alpha value is -2.49. The van der Waals surface area contributed by atoms with Crippen LogP contribution in [-0.2, 0) is 0 Å². The maximum atomic E-state index is 5.97. The lowest BCUT2D eigenvalue weighted by Crippen LogP contribution is -1.90. The Morgan fingerprint density at radius 3 is 2.79 bits per heavy atom. The lowest BCUT2D eigenvalue weighted by atomic mass is 10.1. The van der Waals surface area contributed by atoms with Crippen LogP contribution >= 0.6 is 0 Å². The molecule has 0 aliphatic heterocycles. The zero-order chi connectivity index (χ0) is 13.4. The third kappa shape index (κ3) is 2.01. The molecule has 0 radical (unpaired) electrons. The van der Waals surface area contributed by atoms with E-state index in [1.54, 1.807) is 7.11 Å². The quantitative estimate of drug-likeness (QED) is 0.712. The van der Waals surface area contributed by atoms with Crippen LogP contribution in [0.4, 0.5) is 5.69 Å². The molecule has 0 bridgehead atoms. The number of anilines is 1. The molecule has 2 N–H and O–H groups in total. The number of benzene rings is 2. The summed E-state index contributed by atoms with van der Waals surface area (Å²) in [5.41, 5.74) is 10.0. The summed E-state index contributed by atoms with van der Waals surface area (Å²) < 4.78 is 10.9. The molecule has 0 saturated heterocycles. The van der Waals surface area contributed by atoms with Gasteiger partial charge in [0, 0.05) is 11.8 Å². The summed E-state index contributed by atoms with van der Waals surface area (Å²) in [7, 11) is 1.62. The Morgan fingerprint density at radius 1 is 1.16 bits per heavy atom. The number of nitrogen functional groups attached to an aromatic ring is 1. The predicted molar refractivity (Wildman–Crippen MR) is 75.1 cm³/mol. The molecular weight excluding hydrogens is 240 g/mol. The Balaban J connectivity index is 2.17. The number of fused-ring (bicyclic) bond motifs is 1. The second-order valence-electron chi connectivity index (χ2n) is 4.44. The summed E-state index contributed by atoms with van der Waals surface area (Å²) in [6, 6.07) is 11.3. The van der Waals surface area contributed by atoms with E-state index < -0.39 is 0 Å². The highest BCUT2D eigenvalue weighted by molar-refractivity contribution is 5.80. The molecule has 4 heteroatoms. The molecule has 4 nitrogen and oxygen atoms in total. The molecule has 3 rings (SSSR count). The molecule has 19 heavy (non-hydrogen) atoms. The van der Waals surface area contributed by atoms with E-state index in [9.17, 15) is 0 Å². The van der Waals surface area contributed by atoms with Gasteiger partial charge in [-0.2, -0.15) is 0 Å². The molecule has 96 valence electrons. The lowest BCUT2D eigenvalue weighted by Gasteiger charge is -2.01. The predicted octanol–water partition coefficient (Wildman–Crippen LogP) is 3.39. The van der Waals surface area contributed by atoms with Gasteiger partial charge in [0.15, 0.2) is 5.58 Å². The van der Waals surface area contributed by atoms with Crippen LogP contribution in [0.5, 0.6) is 5.75 Å². The number of hydrogen-bond acceptors (Lipinski definition) is 4. The van der Waals surface area contributed by atoms with Gasteiger partial charge in [-0.15, -0.1) is 0 Å². The van der Waals surface area contributed by atoms with Gasteiger partial charge in [0.05, 0.1) is 12.7 Å². The molecule has 0 saturated carbocycles. The van der Waals surface area contributed by atoms with Crippen molar-refractivity contribution in [2.75, 3.05) is 12.8 Å². The smallest absolute Gasteiger partial charge is 0.229 e. The van der Waals surface area contributed by atoms with Crippen LogP contribution in [0.25, 0.3) is 22.6 Å². The van der Waals surface area contributed by atoms with Gasteiger partial charge in [-0.05, 0) is 31.2 Å². The second kappa shape index (κ2) is 4.31. The summed E-state index contributed by atoms with van der Waals surface area (Å²) in [5.74, 6) is 1.27. The summed E-state index contributed by atoms with van der Waals surface area (Å²) in [6.07, 6.45) is 0. The highest BCUT2D eigenvalue weighted by Crippen LogP contribution is 2.30. The van der Waals surface area contributed by atoms with Crippen LogP contribution in [0.2, 0.25) is 0 Å². The highest BCUT2D eigenvalue weighted by Gasteiger charge is 2.11. The minimum Gasteiger partial charge on any atom is -0.497 e. The van der Waals surface area contributed by atoms with Gasteiger partial charge in [-0.25, -0.2) is 4.98 Å². The number of nitrogens with zero attached hydrogens (tertiary/aromatic N) is 1. The number of aromatic nitrogens is 1. The SMILES string of the molecule is COc1ccc2nc(-c3cc(C)ccc3N)oc2c1. The van der Waals surface area contributed by atoms with Gasteiger partial charge < -0.3 is 14.9 Å². The summed E-state index contributed by atoms with van der Waals surface area (Å²) >= 11 is 0. The van der Waals surface area contributed by atoms with E-state index >= 15 is 0 Å². The number of hydrogen-bond donors (Lipinski definition) is 1. The van der Waals surface area contributed by atoms with E-state index in [0.29, 0.717) is 17.2 Å². The standard InChI is InChI=1S/C15H14N2O2/c1-9-3-5-12(16)11(7-9)15-17-13-6-4-10(18-2)8-14(13)19-15/h3-8H,16H2,1-2H3. The molecular formula is C15H14N2O2. The van der Waals surface area contributed by atoms with Crippen molar-refractivity contribution >= 4 is 16.8 Å². The first-order valence-electron chi connectivity index (χ1n) is 5.98. The van der Waals surface area contributed by atoms with Crippen molar-refractivity contribution in [3.05, 3.63) is 42.0 Å². The van der Waals surface area contributed by atoms with Gasteiger partial charge >= 0.3 is 0 Å². The fraction of sp³-hybridized carbons (Fsp3) is 0.133. The van der Waals surface area contributed by atoms with Crippen LogP contribution in [0.15, 0.2) is 40.8 Å². The van der Waals surface area contributed by atoms with E-state index in [4.69, 9.17) is 14.9 Å². The minimum atomic E-state index is 0.532. The van der Waals surface area contributed by atoms with Gasteiger partial charge in [-0.1, -0.05) is 11.6 Å². The van der Waals surface area contributed by atoms with Crippen molar-refractivity contribution in [3.8, 4) is 17.2 Å². The molecule has 0 atom stereocenters. The number of ether oxygens (including phenoxy) is 1. The molecule has 3 aromatic rings. The monoisotopic (exact) mass is 254 g/mol. The normalized spacial score (nSPS) is 10.8. The van der Waals surface area contributed by atoms with Gasteiger partial charge in [0.1, 0.15) is 11.3 Å². The van der Waals surface area contributed by atoms with Crippen molar-refractivity contribution in [1.29, 1.82) is 0 Å². The first kappa shape index (κ1) is 11.6. The lowest BCUT2D eigenvalue weighted by molar-refractivity contribution is 0.414. The fourth-order valence-corrected chi connectivity index (χ4v) is 2.00. The van der Waals surface area contributed by atoms with Crippen molar-refractivity contribution in [1.82, 2.24) is 4.98 Å². The average Bonchev–Trinajstić information content (AvgIpc) is 2.83. The topological polar surface area (TPSA) is 61.3 Å². The van der Waals surface area contributed by atoms with Crippen LogP contribution < -0.4 is 10.5 Å². The van der Waals surface area contributed by atoms with E-state index in [1.165, 1.54) is 0 Å². The largest absolute Gasteiger partial charge is 0.497 e. The molecule has 0 aliphatic carbocycles. The zero-order valence-corrected chi connectivity index (χ0v) is 10.8. The molecule has 0 fully saturated rings. The van der Waals surface area contributed by atoms with Crippen LogP contribution in [0.3, 0.4) is 0 Å². The van der Waals surface area contributed by atoms with E-state index in [-0.39, 0.29) is 0 Å². The van der Waals surface area contributed by atoms with Gasteiger partial charge in [0.25, 0.3) is 0 Å². The number of rotatable bonds is 2. The number of methoxy groups -OCH3 is 1. The van der Waals surface area contributed by atoms with Crippen molar-refractivity contribution in [2.24, 2.45) is 0 Å². The molecule has 0 aliphatic rings. The highest BCUT2D eigenvalue weighted by atomic mass is 16.5. The number of aryl methyl sites for hydroxylation is 1. The zero-order valence-electron chi connectivity index (χ0n) is 10.8. The van der Waals surface area contributed by atoms with Gasteiger partial charge in [0.2, 0.25) is 5.89 Å². The van der Waals surface area contributed by atoms with Crippen molar-refractivity contribution < 1.29 is 9.15 Å². The first-order chi connectivity index (χ1) is 9.17. The van der Waals surface area contributed by atoms with E-state index in [0.717, 1.165) is 22.4 Å². The summed E-state index contributed by atoms with van der Waals surface area (Å²) in [6.45, 7) is 2.01. The average molecular weight is 254 g/mol. The van der Waals surface area contributed by atoms with Crippen molar-refractivity contribution in [3.63, 3.8) is 0 Å². The minimum absolute atomic E-state index is 0.532. The molecule has 0 amide bonds. The summed E-state index contributed by atoms with van der Waals surface area (Å²) in [5, 5.41) is 0. The first-order valence-corrected chi connectivity index (χ1v) is 5.98. The van der Waals surface area contributed by atoms with Crippen LogP contribution in [-0.4, -0.2) is 12.1 Å². The van der Waals surface area contributed by atoms with E-state index in [2.05, 4.69) is 4.98 Å². The molecule has 0 spiro atoms. The molecule has 1 heterocycles. The van der Waals surface area contributed by atoms with Gasteiger partial charge in [-0.3, -0.25) is 0 Å². The van der Waals surface area contributed by atoms with Crippen molar-refractivity contribution in [2.45, 2.75) is 6.92 Å². The maximum absolute atomic E-state index is 5.97. The third-order valence-corrected chi connectivity index (χ3v) is 3.03. The Kier molecular flexibility index (Phi) is 2.63. The molecule has 2 aromatic carbocycles. The Bertz CT molecular complexity index is 747. The summed E-state index contributed by atoms with van der Waals surface area (Å²) in [4.78, 5) is 4.46. The fourth-order valence-electron chi connectivity index (χ4n) is 2.00. The maximum Gasteiger partial charge on any atom is 0.229 e. The number of nitrogens with two attached hydrogens (primary N) is 1. The second-order valence-corrected chi connectivity index (χ2v) is 4.44. The molecule has 0 unspecified atom stereocenters. The van der Waals surface area contributed by atoms with Crippen LogP contribution in [0, 0.1) is 6.92 Å². The Morgan fingerprint density at radius 2 is 2.00 bits per heavy atom. The third-order valence-electron chi connectivity index (χ3n) is 3.03.